The Morgan fingerprint density at radius 3 is 2.52 bits per heavy atom. The van der Waals surface area contributed by atoms with E-state index in [0.29, 0.717) is 23.6 Å². The third kappa shape index (κ3) is 4.91. The molecule has 2 aromatic carbocycles. The lowest BCUT2D eigenvalue weighted by Crippen LogP contribution is -2.26. The summed E-state index contributed by atoms with van der Waals surface area (Å²) in [7, 11) is 3.08. The summed E-state index contributed by atoms with van der Waals surface area (Å²) in [5.41, 5.74) is 0.473. The van der Waals surface area contributed by atoms with Gasteiger partial charge in [0.15, 0.2) is 11.5 Å². The molecule has 2 aromatic rings. The van der Waals surface area contributed by atoms with Crippen molar-refractivity contribution in [1.29, 1.82) is 0 Å². The number of benzene rings is 2. The number of para-hydroxylation sites is 1. The molecule has 4 nitrogen and oxygen atoms in total. The van der Waals surface area contributed by atoms with Gasteiger partial charge in [0, 0.05) is 21.7 Å². The van der Waals surface area contributed by atoms with Crippen LogP contribution in [0.1, 0.15) is 10.4 Å². The molecular weight excluding hydrogens is 378 g/mol. The summed E-state index contributed by atoms with van der Waals surface area (Å²) in [5, 5.41) is 2.90. The molecule has 6 heteroatoms. The Kier molecular flexibility index (Phi) is 6.80. The average molecular weight is 396 g/mol. The van der Waals surface area contributed by atoms with Crippen molar-refractivity contribution in [2.75, 3.05) is 26.5 Å². The second-order valence-corrected chi connectivity index (χ2v) is 6.68. The Labute approximate surface area is 148 Å². The van der Waals surface area contributed by atoms with Crippen molar-refractivity contribution in [1.82, 2.24) is 5.32 Å². The highest BCUT2D eigenvalue weighted by atomic mass is 79.9. The largest absolute Gasteiger partial charge is 0.493 e. The number of hydrogen-bond acceptors (Lipinski definition) is 4. The second kappa shape index (κ2) is 8.84. The second-order valence-electron chi connectivity index (χ2n) is 4.60. The molecule has 0 aliphatic heterocycles. The van der Waals surface area contributed by atoms with Crippen molar-refractivity contribution in [2.45, 2.75) is 4.90 Å². The van der Waals surface area contributed by atoms with Gasteiger partial charge in [-0.25, -0.2) is 0 Å². The molecule has 0 bridgehead atoms. The fourth-order valence-corrected chi connectivity index (χ4v) is 3.06. The van der Waals surface area contributed by atoms with E-state index in [4.69, 9.17) is 9.47 Å². The van der Waals surface area contributed by atoms with E-state index in [0.717, 1.165) is 10.2 Å². The zero-order valence-electron chi connectivity index (χ0n) is 13.0. The number of amides is 1. The van der Waals surface area contributed by atoms with Gasteiger partial charge in [0.05, 0.1) is 19.8 Å². The summed E-state index contributed by atoms with van der Waals surface area (Å²) in [6, 6.07) is 13.3. The van der Waals surface area contributed by atoms with Gasteiger partial charge < -0.3 is 14.8 Å². The summed E-state index contributed by atoms with van der Waals surface area (Å²) in [6.45, 7) is 0.569. The Morgan fingerprint density at radius 1 is 1.13 bits per heavy atom. The quantitative estimate of drug-likeness (QED) is 0.568. The fraction of sp³-hybridized carbons (Fsp3) is 0.235. The first-order chi connectivity index (χ1) is 11.2. The van der Waals surface area contributed by atoms with Crippen LogP contribution in [0.3, 0.4) is 0 Å². The Balaban J connectivity index is 1.89. The lowest BCUT2D eigenvalue weighted by atomic mass is 10.1. The van der Waals surface area contributed by atoms with Gasteiger partial charge in [-0.2, -0.15) is 0 Å². The van der Waals surface area contributed by atoms with Gasteiger partial charge >= 0.3 is 0 Å². The van der Waals surface area contributed by atoms with Crippen LogP contribution in [0, 0.1) is 0 Å². The maximum atomic E-state index is 12.3. The normalized spacial score (nSPS) is 10.2. The van der Waals surface area contributed by atoms with Crippen molar-refractivity contribution in [3.63, 3.8) is 0 Å². The number of ether oxygens (including phenoxy) is 2. The highest BCUT2D eigenvalue weighted by Gasteiger charge is 2.15. The minimum Gasteiger partial charge on any atom is -0.493 e. The molecule has 0 aliphatic carbocycles. The molecule has 2 rings (SSSR count). The first-order valence-electron chi connectivity index (χ1n) is 7.03. The van der Waals surface area contributed by atoms with Crippen molar-refractivity contribution in [3.8, 4) is 11.5 Å². The number of thioether (sulfide) groups is 1. The molecule has 0 aliphatic rings. The van der Waals surface area contributed by atoms with Crippen LogP contribution in [-0.4, -0.2) is 32.4 Å². The van der Waals surface area contributed by atoms with E-state index < -0.39 is 0 Å². The molecule has 23 heavy (non-hydrogen) atoms. The molecule has 0 aromatic heterocycles. The molecular formula is C17H18BrNO3S. The fourth-order valence-electron chi connectivity index (χ4n) is 2.03. The minimum atomic E-state index is -0.169. The maximum Gasteiger partial charge on any atom is 0.255 e. The molecule has 0 fully saturated rings. The van der Waals surface area contributed by atoms with Crippen LogP contribution < -0.4 is 14.8 Å². The van der Waals surface area contributed by atoms with Crippen molar-refractivity contribution in [2.24, 2.45) is 0 Å². The summed E-state index contributed by atoms with van der Waals surface area (Å²) < 4.78 is 11.5. The summed E-state index contributed by atoms with van der Waals surface area (Å²) in [5.74, 6) is 1.62. The average Bonchev–Trinajstić information content (AvgIpc) is 2.59. The third-order valence-electron chi connectivity index (χ3n) is 3.12. The van der Waals surface area contributed by atoms with Crippen LogP contribution in [0.5, 0.6) is 11.5 Å². The van der Waals surface area contributed by atoms with Crippen LogP contribution >= 0.6 is 27.7 Å². The molecule has 0 saturated heterocycles. The molecule has 0 heterocycles. The number of carbonyl (C=O) groups is 1. The first kappa shape index (κ1) is 17.7. The van der Waals surface area contributed by atoms with Crippen LogP contribution in [-0.2, 0) is 0 Å². The molecule has 1 amide bonds. The van der Waals surface area contributed by atoms with Crippen molar-refractivity contribution >= 4 is 33.6 Å². The summed E-state index contributed by atoms with van der Waals surface area (Å²) in [6.07, 6.45) is 0. The monoisotopic (exact) mass is 395 g/mol. The molecule has 0 saturated carbocycles. The minimum absolute atomic E-state index is 0.169. The topological polar surface area (TPSA) is 47.6 Å². The zero-order valence-corrected chi connectivity index (χ0v) is 15.4. The Morgan fingerprint density at radius 2 is 1.87 bits per heavy atom. The van der Waals surface area contributed by atoms with E-state index in [1.807, 2.05) is 24.3 Å². The van der Waals surface area contributed by atoms with Crippen LogP contribution in [0.4, 0.5) is 0 Å². The molecule has 1 N–H and O–H groups in total. The lowest BCUT2D eigenvalue weighted by Gasteiger charge is -2.12. The predicted octanol–water partition coefficient (Wildman–Crippen LogP) is 3.99. The van der Waals surface area contributed by atoms with E-state index in [1.54, 1.807) is 37.1 Å². The van der Waals surface area contributed by atoms with E-state index in [9.17, 15) is 4.79 Å². The number of methoxy groups -OCH3 is 2. The number of carbonyl (C=O) groups excluding carboxylic acids is 1. The number of rotatable bonds is 7. The van der Waals surface area contributed by atoms with Gasteiger partial charge in [0.2, 0.25) is 0 Å². The molecule has 0 radical (unpaired) electrons. The maximum absolute atomic E-state index is 12.3. The van der Waals surface area contributed by atoms with Gasteiger partial charge in [-0.05, 0) is 36.4 Å². The van der Waals surface area contributed by atoms with E-state index in [1.165, 1.54) is 12.0 Å². The molecule has 0 spiro atoms. The summed E-state index contributed by atoms with van der Waals surface area (Å²) >= 11 is 5.10. The first-order valence-corrected chi connectivity index (χ1v) is 8.81. The molecule has 0 unspecified atom stereocenters. The Bertz CT molecular complexity index is 661. The highest BCUT2D eigenvalue weighted by molar-refractivity contribution is 9.10. The van der Waals surface area contributed by atoms with Gasteiger partial charge in [-0.3, -0.25) is 4.79 Å². The van der Waals surface area contributed by atoms with Gasteiger partial charge in [-0.15, -0.1) is 11.8 Å². The number of hydrogen-bond donors (Lipinski definition) is 1. The van der Waals surface area contributed by atoms with Gasteiger partial charge in [0.25, 0.3) is 5.91 Å². The SMILES string of the molecule is COc1cccc(C(=O)NCCSc2ccc(Br)cc2)c1OC. The summed E-state index contributed by atoms with van der Waals surface area (Å²) in [4.78, 5) is 13.5. The van der Waals surface area contributed by atoms with Crippen molar-refractivity contribution < 1.29 is 14.3 Å². The highest BCUT2D eigenvalue weighted by Crippen LogP contribution is 2.30. The van der Waals surface area contributed by atoms with E-state index >= 15 is 0 Å². The predicted molar refractivity (Wildman–Crippen MR) is 96.7 cm³/mol. The lowest BCUT2D eigenvalue weighted by molar-refractivity contribution is 0.0952. The van der Waals surface area contributed by atoms with Crippen molar-refractivity contribution in [3.05, 3.63) is 52.5 Å². The van der Waals surface area contributed by atoms with E-state index in [2.05, 4.69) is 21.2 Å². The zero-order chi connectivity index (χ0) is 16.7. The number of halogens is 1. The van der Waals surface area contributed by atoms with Crippen LogP contribution in [0.25, 0.3) is 0 Å². The smallest absolute Gasteiger partial charge is 0.255 e. The van der Waals surface area contributed by atoms with E-state index in [-0.39, 0.29) is 5.91 Å². The van der Waals surface area contributed by atoms with Gasteiger partial charge in [0.1, 0.15) is 0 Å². The number of nitrogens with one attached hydrogen (secondary N) is 1. The third-order valence-corrected chi connectivity index (χ3v) is 4.66. The van der Waals surface area contributed by atoms with Crippen LogP contribution in [0.2, 0.25) is 0 Å². The molecule has 0 atom stereocenters. The van der Waals surface area contributed by atoms with Gasteiger partial charge in [-0.1, -0.05) is 22.0 Å². The van der Waals surface area contributed by atoms with Crippen LogP contribution in [0.15, 0.2) is 51.8 Å². The standard InChI is InChI=1S/C17H18BrNO3S/c1-21-15-5-3-4-14(16(15)22-2)17(20)19-10-11-23-13-8-6-12(18)7-9-13/h3-9H,10-11H2,1-2H3,(H,19,20). The Hall–Kier alpha value is -1.66. The molecule has 122 valence electrons.